The maximum atomic E-state index is 13.1. The average molecular weight is 403 g/mol. The summed E-state index contributed by atoms with van der Waals surface area (Å²) in [4.78, 5) is 25.8. The van der Waals surface area contributed by atoms with Crippen LogP contribution in [-0.2, 0) is 14.3 Å². The van der Waals surface area contributed by atoms with Gasteiger partial charge in [0.2, 0.25) is 0 Å². The Morgan fingerprint density at radius 2 is 1.76 bits per heavy atom. The van der Waals surface area contributed by atoms with Crippen molar-refractivity contribution in [1.82, 2.24) is 5.32 Å². The summed E-state index contributed by atoms with van der Waals surface area (Å²) in [5.41, 5.74) is 3.33. The first-order valence-electron chi connectivity index (χ1n) is 9.26. The maximum Gasteiger partial charge on any atom is 0.336 e. The highest BCUT2D eigenvalue weighted by Gasteiger charge is 2.43. The molecule has 0 aromatic heterocycles. The molecule has 0 spiro atoms. The molecule has 0 saturated heterocycles. The van der Waals surface area contributed by atoms with Crippen LogP contribution in [-0.4, -0.2) is 38.6 Å². The smallest absolute Gasteiger partial charge is 0.336 e. The Hall–Kier alpha value is -2.80. The number of carbonyl (C=O) groups excluding carboxylic acids is 2. The first-order valence-corrected chi connectivity index (χ1v) is 9.26. The number of rotatable bonds is 4. The van der Waals surface area contributed by atoms with Gasteiger partial charge in [0, 0.05) is 29.3 Å². The lowest BCUT2D eigenvalue weighted by Gasteiger charge is -2.39. The van der Waals surface area contributed by atoms with E-state index in [1.807, 2.05) is 19.1 Å². The summed E-state index contributed by atoms with van der Waals surface area (Å²) in [6.07, 6.45) is 1.18. The Balaban J connectivity index is 0.00000300. The van der Waals surface area contributed by atoms with Crippen LogP contribution < -0.4 is 14.8 Å². The number of allylic oxidation sites excluding steroid dienone is 3. The molecule has 1 aromatic carbocycles. The van der Waals surface area contributed by atoms with Crippen LogP contribution in [0.4, 0.5) is 0 Å². The number of dihydropyridines is 1. The van der Waals surface area contributed by atoms with Crippen LogP contribution in [0, 0.1) is 5.41 Å². The molecule has 7 heteroatoms. The molecular formula is C22H29NO6. The molecule has 1 atom stereocenters. The van der Waals surface area contributed by atoms with E-state index in [0.29, 0.717) is 34.8 Å². The van der Waals surface area contributed by atoms with Gasteiger partial charge in [-0.25, -0.2) is 4.79 Å². The van der Waals surface area contributed by atoms with Crippen LogP contribution in [0.25, 0.3) is 0 Å². The van der Waals surface area contributed by atoms with Crippen molar-refractivity contribution < 1.29 is 29.3 Å². The van der Waals surface area contributed by atoms with Gasteiger partial charge >= 0.3 is 5.97 Å². The van der Waals surface area contributed by atoms with Gasteiger partial charge in [-0.3, -0.25) is 4.79 Å². The summed E-state index contributed by atoms with van der Waals surface area (Å²) in [5, 5.41) is 3.30. The molecule has 2 aliphatic rings. The normalized spacial score (nSPS) is 20.3. The minimum Gasteiger partial charge on any atom is -0.493 e. The predicted molar refractivity (Wildman–Crippen MR) is 109 cm³/mol. The molecule has 0 saturated carbocycles. The van der Waals surface area contributed by atoms with E-state index in [-0.39, 0.29) is 16.7 Å². The zero-order chi connectivity index (χ0) is 20.6. The van der Waals surface area contributed by atoms with Crippen LogP contribution >= 0.6 is 0 Å². The van der Waals surface area contributed by atoms with E-state index in [2.05, 4.69) is 19.2 Å². The number of hydrogen-bond acceptors (Lipinski definition) is 6. The van der Waals surface area contributed by atoms with Gasteiger partial charge in [0.15, 0.2) is 17.3 Å². The zero-order valence-electron chi connectivity index (χ0n) is 17.8. The largest absolute Gasteiger partial charge is 0.493 e. The molecule has 7 nitrogen and oxygen atoms in total. The molecule has 1 heterocycles. The SMILES string of the molecule is COC(=O)C1=C(C)NC2=C(C(=O)CC(C)(C)C2)C1c1ccc(OC)c(OC)c1.O. The lowest BCUT2D eigenvalue weighted by Crippen LogP contribution is -2.38. The third kappa shape index (κ3) is 4.00. The fraction of sp³-hybridized carbons (Fsp3) is 0.455. The first-order chi connectivity index (χ1) is 13.2. The van der Waals surface area contributed by atoms with Crippen molar-refractivity contribution in [3.8, 4) is 11.5 Å². The van der Waals surface area contributed by atoms with Crippen molar-refractivity contribution in [2.45, 2.75) is 39.5 Å². The number of carbonyl (C=O) groups is 2. The molecule has 1 aliphatic heterocycles. The average Bonchev–Trinajstić information content (AvgIpc) is 2.64. The van der Waals surface area contributed by atoms with Gasteiger partial charge in [0.05, 0.1) is 26.9 Å². The molecular weight excluding hydrogens is 374 g/mol. The topological polar surface area (TPSA) is 105 Å². The number of esters is 1. The summed E-state index contributed by atoms with van der Waals surface area (Å²) in [6.45, 7) is 6.00. The summed E-state index contributed by atoms with van der Waals surface area (Å²) >= 11 is 0. The fourth-order valence-electron chi connectivity index (χ4n) is 4.18. The van der Waals surface area contributed by atoms with E-state index in [0.717, 1.165) is 17.7 Å². The number of methoxy groups -OCH3 is 3. The Morgan fingerprint density at radius 3 is 2.34 bits per heavy atom. The molecule has 3 N–H and O–H groups in total. The number of Topliss-reactive ketones (excluding diaryl/α,β-unsaturated/α-hetero) is 1. The van der Waals surface area contributed by atoms with Crippen molar-refractivity contribution in [1.29, 1.82) is 0 Å². The second kappa shape index (κ2) is 8.29. The Labute approximate surface area is 171 Å². The highest BCUT2D eigenvalue weighted by atomic mass is 16.5. The third-order valence-corrected chi connectivity index (χ3v) is 5.39. The number of ether oxygens (including phenoxy) is 3. The summed E-state index contributed by atoms with van der Waals surface area (Å²) in [5.74, 6) is 0.227. The van der Waals surface area contributed by atoms with Crippen molar-refractivity contribution in [3.63, 3.8) is 0 Å². The standard InChI is InChI=1S/C22H27NO5.H2O/c1-12-18(21(25)28-6)19(13-7-8-16(26-4)17(9-13)27-5)20-14(23-12)10-22(2,3)11-15(20)24;/h7-9,19,23H,10-11H2,1-6H3;1H2. The van der Waals surface area contributed by atoms with Gasteiger partial charge in [0.25, 0.3) is 0 Å². The van der Waals surface area contributed by atoms with Crippen LogP contribution in [0.5, 0.6) is 11.5 Å². The van der Waals surface area contributed by atoms with E-state index in [1.54, 1.807) is 20.3 Å². The molecule has 0 bridgehead atoms. The summed E-state index contributed by atoms with van der Waals surface area (Å²) in [7, 11) is 4.48. The predicted octanol–water partition coefficient (Wildman–Crippen LogP) is 2.66. The van der Waals surface area contributed by atoms with E-state index in [1.165, 1.54) is 7.11 Å². The van der Waals surface area contributed by atoms with Crippen molar-refractivity contribution >= 4 is 11.8 Å². The second-order valence-electron chi connectivity index (χ2n) is 8.04. The molecule has 0 radical (unpaired) electrons. The number of nitrogens with one attached hydrogen (secondary N) is 1. The zero-order valence-corrected chi connectivity index (χ0v) is 17.8. The molecule has 0 amide bonds. The lowest BCUT2D eigenvalue weighted by molar-refractivity contribution is -0.136. The maximum absolute atomic E-state index is 13.1. The Morgan fingerprint density at radius 1 is 1.10 bits per heavy atom. The number of benzene rings is 1. The van der Waals surface area contributed by atoms with Gasteiger partial charge in [-0.2, -0.15) is 0 Å². The molecule has 3 rings (SSSR count). The highest BCUT2D eigenvalue weighted by molar-refractivity contribution is 6.04. The Bertz CT molecular complexity index is 897. The van der Waals surface area contributed by atoms with E-state index in [4.69, 9.17) is 14.2 Å². The number of ketones is 1. The second-order valence-corrected chi connectivity index (χ2v) is 8.04. The fourth-order valence-corrected chi connectivity index (χ4v) is 4.18. The summed E-state index contributed by atoms with van der Waals surface area (Å²) < 4.78 is 15.8. The minimum absolute atomic E-state index is 0. The molecule has 1 unspecified atom stereocenters. The molecule has 0 fully saturated rings. The van der Waals surface area contributed by atoms with Gasteiger partial charge in [-0.05, 0) is 36.5 Å². The lowest BCUT2D eigenvalue weighted by atomic mass is 9.68. The van der Waals surface area contributed by atoms with E-state index < -0.39 is 11.9 Å². The van der Waals surface area contributed by atoms with Crippen molar-refractivity contribution in [3.05, 3.63) is 46.3 Å². The van der Waals surface area contributed by atoms with Gasteiger partial charge in [-0.1, -0.05) is 19.9 Å². The minimum atomic E-state index is -0.507. The summed E-state index contributed by atoms with van der Waals surface area (Å²) in [6, 6.07) is 5.48. The van der Waals surface area contributed by atoms with Crippen LogP contribution in [0.1, 0.15) is 45.1 Å². The van der Waals surface area contributed by atoms with Gasteiger partial charge in [0.1, 0.15) is 0 Å². The van der Waals surface area contributed by atoms with E-state index >= 15 is 0 Å². The van der Waals surface area contributed by atoms with E-state index in [9.17, 15) is 9.59 Å². The van der Waals surface area contributed by atoms with Crippen LogP contribution in [0.3, 0.4) is 0 Å². The molecule has 1 aromatic rings. The molecule has 29 heavy (non-hydrogen) atoms. The molecule has 1 aliphatic carbocycles. The molecule has 158 valence electrons. The third-order valence-electron chi connectivity index (χ3n) is 5.39. The van der Waals surface area contributed by atoms with Gasteiger partial charge < -0.3 is 25.0 Å². The quantitative estimate of drug-likeness (QED) is 0.775. The van der Waals surface area contributed by atoms with Crippen molar-refractivity contribution in [2.75, 3.05) is 21.3 Å². The van der Waals surface area contributed by atoms with Crippen LogP contribution in [0.15, 0.2) is 40.7 Å². The van der Waals surface area contributed by atoms with Crippen molar-refractivity contribution in [2.24, 2.45) is 5.41 Å². The number of hydrogen-bond donors (Lipinski definition) is 1. The Kier molecular flexibility index (Phi) is 6.43. The highest BCUT2D eigenvalue weighted by Crippen LogP contribution is 2.47. The van der Waals surface area contributed by atoms with Crippen LogP contribution in [0.2, 0.25) is 0 Å². The van der Waals surface area contributed by atoms with Gasteiger partial charge in [-0.15, -0.1) is 0 Å². The first kappa shape index (κ1) is 22.5. The monoisotopic (exact) mass is 403 g/mol.